The summed E-state index contributed by atoms with van der Waals surface area (Å²) in [6.45, 7) is 3.64. The molecule has 0 aliphatic heterocycles. The Hall–Kier alpha value is -3.08. The summed E-state index contributed by atoms with van der Waals surface area (Å²) >= 11 is 0. The molecule has 3 aromatic rings. The summed E-state index contributed by atoms with van der Waals surface area (Å²) in [5.74, 6) is 1.18. The zero-order chi connectivity index (χ0) is 16.9. The normalized spacial score (nSPS) is 12.4. The average Bonchev–Trinajstić information content (AvgIpc) is 3.00. The summed E-state index contributed by atoms with van der Waals surface area (Å²) in [6, 6.07) is 17.3. The summed E-state index contributed by atoms with van der Waals surface area (Å²) in [5, 5.41) is 9.38. The summed E-state index contributed by atoms with van der Waals surface area (Å²) in [5.41, 5.74) is 3.40. The number of furan rings is 1. The van der Waals surface area contributed by atoms with E-state index in [9.17, 15) is 4.79 Å². The molecule has 24 heavy (non-hydrogen) atoms. The molecule has 3 rings (SSSR count). The van der Waals surface area contributed by atoms with Crippen LogP contribution in [-0.2, 0) is 4.79 Å². The standard InChI is InChI=1S/C19H19N3O2/c1-13-7-10-18(24-13)12-20-22-19(23)14(2)21-17-9-8-15-5-3-4-6-16(15)11-17/h3-12,14,21H,1-2H3,(H,22,23). The van der Waals surface area contributed by atoms with Gasteiger partial charge in [-0.25, -0.2) is 5.43 Å². The lowest BCUT2D eigenvalue weighted by molar-refractivity contribution is -0.121. The number of rotatable bonds is 5. The molecule has 0 saturated heterocycles. The minimum Gasteiger partial charge on any atom is -0.460 e. The molecule has 0 bridgehead atoms. The Labute approximate surface area is 140 Å². The smallest absolute Gasteiger partial charge is 0.262 e. The SMILES string of the molecule is Cc1ccc(C=NNC(=O)C(C)Nc2ccc3ccccc3c2)o1. The topological polar surface area (TPSA) is 66.6 Å². The minimum absolute atomic E-state index is 0.220. The maximum Gasteiger partial charge on any atom is 0.262 e. The maximum absolute atomic E-state index is 12.1. The first kappa shape index (κ1) is 15.8. The zero-order valence-electron chi connectivity index (χ0n) is 13.6. The molecule has 5 heteroatoms. The molecule has 1 unspecified atom stereocenters. The second-order valence-corrected chi connectivity index (χ2v) is 5.61. The molecule has 0 fully saturated rings. The molecule has 2 N–H and O–H groups in total. The van der Waals surface area contributed by atoms with E-state index in [2.05, 4.69) is 21.9 Å². The van der Waals surface area contributed by atoms with Gasteiger partial charge in [-0.3, -0.25) is 4.79 Å². The molecule has 0 saturated carbocycles. The van der Waals surface area contributed by atoms with Crippen LogP contribution in [0.4, 0.5) is 5.69 Å². The van der Waals surface area contributed by atoms with Crippen molar-refractivity contribution in [2.24, 2.45) is 5.10 Å². The van der Waals surface area contributed by atoms with Gasteiger partial charge in [0.15, 0.2) is 0 Å². The van der Waals surface area contributed by atoms with Gasteiger partial charge in [-0.05, 0) is 48.9 Å². The van der Waals surface area contributed by atoms with Gasteiger partial charge in [-0.2, -0.15) is 5.10 Å². The number of hydrazone groups is 1. The van der Waals surface area contributed by atoms with Crippen molar-refractivity contribution in [1.29, 1.82) is 0 Å². The molecule has 122 valence electrons. The average molecular weight is 321 g/mol. The Balaban J connectivity index is 1.59. The van der Waals surface area contributed by atoms with Crippen LogP contribution in [0.5, 0.6) is 0 Å². The quantitative estimate of drug-likeness (QED) is 0.556. The van der Waals surface area contributed by atoms with E-state index >= 15 is 0 Å². The third-order valence-electron chi connectivity index (χ3n) is 3.65. The van der Waals surface area contributed by atoms with Crippen LogP contribution in [-0.4, -0.2) is 18.2 Å². The van der Waals surface area contributed by atoms with Crippen LogP contribution < -0.4 is 10.7 Å². The van der Waals surface area contributed by atoms with E-state index in [0.717, 1.165) is 16.8 Å². The van der Waals surface area contributed by atoms with Gasteiger partial charge < -0.3 is 9.73 Å². The number of benzene rings is 2. The molecule has 0 spiro atoms. The van der Waals surface area contributed by atoms with Gasteiger partial charge in [-0.1, -0.05) is 30.3 Å². The van der Waals surface area contributed by atoms with Crippen molar-refractivity contribution in [3.05, 3.63) is 66.1 Å². The van der Waals surface area contributed by atoms with E-state index in [0.29, 0.717) is 5.76 Å². The molecule has 1 aromatic heterocycles. The van der Waals surface area contributed by atoms with E-state index in [4.69, 9.17) is 4.42 Å². The molecule has 1 amide bonds. The van der Waals surface area contributed by atoms with Gasteiger partial charge in [0.2, 0.25) is 0 Å². The van der Waals surface area contributed by atoms with Crippen LogP contribution in [0.25, 0.3) is 10.8 Å². The summed E-state index contributed by atoms with van der Waals surface area (Å²) in [7, 11) is 0. The number of aryl methyl sites for hydroxylation is 1. The van der Waals surface area contributed by atoms with E-state index in [1.165, 1.54) is 11.6 Å². The van der Waals surface area contributed by atoms with E-state index in [1.807, 2.05) is 49.4 Å². The Morgan fingerprint density at radius 3 is 2.67 bits per heavy atom. The molecule has 0 aliphatic rings. The van der Waals surface area contributed by atoms with Gasteiger partial charge in [0.25, 0.3) is 5.91 Å². The summed E-state index contributed by atoms with van der Waals surface area (Å²) in [4.78, 5) is 12.1. The molecule has 1 atom stereocenters. The number of anilines is 1. The Morgan fingerprint density at radius 1 is 1.12 bits per heavy atom. The van der Waals surface area contributed by atoms with Crippen molar-refractivity contribution in [2.45, 2.75) is 19.9 Å². The summed E-state index contributed by atoms with van der Waals surface area (Å²) < 4.78 is 5.35. The fraction of sp³-hybridized carbons (Fsp3) is 0.158. The third-order valence-corrected chi connectivity index (χ3v) is 3.65. The van der Waals surface area contributed by atoms with Gasteiger partial charge in [-0.15, -0.1) is 0 Å². The van der Waals surface area contributed by atoms with Crippen molar-refractivity contribution in [1.82, 2.24) is 5.43 Å². The van der Waals surface area contributed by atoms with Crippen molar-refractivity contribution in [3.8, 4) is 0 Å². The number of hydrogen-bond donors (Lipinski definition) is 2. The molecular formula is C19H19N3O2. The van der Waals surface area contributed by atoms with Crippen molar-refractivity contribution in [2.75, 3.05) is 5.32 Å². The van der Waals surface area contributed by atoms with E-state index < -0.39 is 6.04 Å². The highest BCUT2D eigenvalue weighted by atomic mass is 16.3. The number of carbonyl (C=O) groups excluding carboxylic acids is 1. The first-order valence-corrected chi connectivity index (χ1v) is 7.76. The fourth-order valence-corrected chi connectivity index (χ4v) is 2.37. The molecular weight excluding hydrogens is 302 g/mol. The number of hydrogen-bond acceptors (Lipinski definition) is 4. The number of nitrogens with one attached hydrogen (secondary N) is 2. The van der Waals surface area contributed by atoms with Crippen LogP contribution in [0, 0.1) is 6.92 Å². The number of fused-ring (bicyclic) bond motifs is 1. The maximum atomic E-state index is 12.1. The van der Waals surface area contributed by atoms with Crippen LogP contribution >= 0.6 is 0 Å². The molecule has 5 nitrogen and oxygen atoms in total. The second-order valence-electron chi connectivity index (χ2n) is 5.61. The zero-order valence-corrected chi connectivity index (χ0v) is 13.6. The van der Waals surface area contributed by atoms with Crippen LogP contribution in [0.2, 0.25) is 0 Å². The number of nitrogens with zero attached hydrogens (tertiary/aromatic N) is 1. The monoisotopic (exact) mass is 321 g/mol. The second kappa shape index (κ2) is 7.00. The lowest BCUT2D eigenvalue weighted by Crippen LogP contribution is -2.34. The van der Waals surface area contributed by atoms with Crippen molar-refractivity contribution >= 4 is 28.6 Å². The number of amides is 1. The van der Waals surface area contributed by atoms with Crippen LogP contribution in [0.3, 0.4) is 0 Å². The molecule has 0 radical (unpaired) electrons. The van der Waals surface area contributed by atoms with E-state index in [1.54, 1.807) is 13.0 Å². The highest BCUT2D eigenvalue weighted by Gasteiger charge is 2.11. The Morgan fingerprint density at radius 2 is 1.92 bits per heavy atom. The highest BCUT2D eigenvalue weighted by Crippen LogP contribution is 2.19. The van der Waals surface area contributed by atoms with Crippen molar-refractivity contribution in [3.63, 3.8) is 0 Å². The predicted molar refractivity (Wildman–Crippen MR) is 96.2 cm³/mol. The summed E-state index contributed by atoms with van der Waals surface area (Å²) in [6.07, 6.45) is 1.48. The highest BCUT2D eigenvalue weighted by molar-refractivity contribution is 5.88. The van der Waals surface area contributed by atoms with Gasteiger partial charge in [0.1, 0.15) is 17.6 Å². The lowest BCUT2D eigenvalue weighted by atomic mass is 10.1. The first-order valence-electron chi connectivity index (χ1n) is 7.76. The van der Waals surface area contributed by atoms with E-state index in [-0.39, 0.29) is 5.91 Å². The third kappa shape index (κ3) is 3.81. The first-order chi connectivity index (χ1) is 11.6. The predicted octanol–water partition coefficient (Wildman–Crippen LogP) is 3.69. The fourth-order valence-electron chi connectivity index (χ4n) is 2.37. The van der Waals surface area contributed by atoms with Crippen LogP contribution in [0.15, 0.2) is 64.1 Å². The van der Waals surface area contributed by atoms with Gasteiger partial charge in [0.05, 0.1) is 6.21 Å². The van der Waals surface area contributed by atoms with Gasteiger partial charge in [0, 0.05) is 5.69 Å². The Bertz CT molecular complexity index is 883. The number of carbonyl (C=O) groups is 1. The Kier molecular flexibility index (Phi) is 4.61. The molecule has 2 aromatic carbocycles. The minimum atomic E-state index is -0.415. The molecule has 1 heterocycles. The largest absolute Gasteiger partial charge is 0.460 e. The van der Waals surface area contributed by atoms with Crippen molar-refractivity contribution < 1.29 is 9.21 Å². The molecule has 0 aliphatic carbocycles. The van der Waals surface area contributed by atoms with Gasteiger partial charge >= 0.3 is 0 Å². The lowest BCUT2D eigenvalue weighted by Gasteiger charge is -2.14. The van der Waals surface area contributed by atoms with Crippen LogP contribution in [0.1, 0.15) is 18.4 Å².